The highest BCUT2D eigenvalue weighted by molar-refractivity contribution is 5.57. The SMILES string of the molecule is CCC1(CNc2cc([N+](=O)[O-])ccc2C)CC1. The summed E-state index contributed by atoms with van der Waals surface area (Å²) in [6.45, 7) is 5.10. The lowest BCUT2D eigenvalue weighted by Crippen LogP contribution is -2.15. The third-order valence-corrected chi connectivity index (χ3v) is 3.79. The summed E-state index contributed by atoms with van der Waals surface area (Å²) in [6.07, 6.45) is 3.71. The van der Waals surface area contributed by atoms with E-state index in [1.807, 2.05) is 6.92 Å². The molecule has 0 radical (unpaired) electrons. The largest absolute Gasteiger partial charge is 0.384 e. The first kappa shape index (κ1) is 11.9. The Morgan fingerprint density at radius 2 is 2.18 bits per heavy atom. The van der Waals surface area contributed by atoms with E-state index in [1.54, 1.807) is 18.2 Å². The van der Waals surface area contributed by atoms with Gasteiger partial charge in [-0.1, -0.05) is 13.0 Å². The number of hydrogen-bond donors (Lipinski definition) is 1. The first-order valence-electron chi connectivity index (χ1n) is 6.05. The molecule has 92 valence electrons. The molecule has 1 aliphatic carbocycles. The minimum atomic E-state index is -0.350. The van der Waals surface area contributed by atoms with Crippen LogP contribution in [0.15, 0.2) is 18.2 Å². The van der Waals surface area contributed by atoms with Crippen LogP contribution in [-0.2, 0) is 0 Å². The third-order valence-electron chi connectivity index (χ3n) is 3.79. The molecule has 0 spiro atoms. The third kappa shape index (κ3) is 2.57. The predicted molar refractivity (Wildman–Crippen MR) is 68.3 cm³/mol. The number of anilines is 1. The minimum absolute atomic E-state index is 0.152. The Bertz CT molecular complexity index is 439. The molecule has 0 amide bonds. The van der Waals surface area contributed by atoms with Crippen molar-refractivity contribution in [3.05, 3.63) is 33.9 Å². The van der Waals surface area contributed by atoms with Crippen molar-refractivity contribution < 1.29 is 4.92 Å². The average Bonchev–Trinajstić information content (AvgIpc) is 3.08. The van der Waals surface area contributed by atoms with Crippen LogP contribution in [-0.4, -0.2) is 11.5 Å². The molecule has 0 unspecified atom stereocenters. The van der Waals surface area contributed by atoms with Crippen LogP contribution < -0.4 is 5.32 Å². The minimum Gasteiger partial charge on any atom is -0.384 e. The van der Waals surface area contributed by atoms with Crippen LogP contribution in [0.25, 0.3) is 0 Å². The zero-order valence-electron chi connectivity index (χ0n) is 10.3. The van der Waals surface area contributed by atoms with Gasteiger partial charge >= 0.3 is 0 Å². The van der Waals surface area contributed by atoms with Crippen molar-refractivity contribution in [1.29, 1.82) is 0 Å². The Balaban J connectivity index is 2.09. The van der Waals surface area contributed by atoms with Gasteiger partial charge in [0.2, 0.25) is 0 Å². The van der Waals surface area contributed by atoms with Crippen LogP contribution in [0, 0.1) is 22.5 Å². The lowest BCUT2D eigenvalue weighted by atomic mass is 10.0. The molecule has 0 heterocycles. The number of nitro groups is 1. The van der Waals surface area contributed by atoms with Gasteiger partial charge in [0, 0.05) is 24.4 Å². The quantitative estimate of drug-likeness (QED) is 0.626. The molecule has 0 aliphatic heterocycles. The fourth-order valence-electron chi connectivity index (χ4n) is 2.03. The van der Waals surface area contributed by atoms with Crippen molar-refractivity contribution in [1.82, 2.24) is 0 Å². The summed E-state index contributed by atoms with van der Waals surface area (Å²) in [5.41, 5.74) is 2.54. The summed E-state index contributed by atoms with van der Waals surface area (Å²) < 4.78 is 0. The lowest BCUT2D eigenvalue weighted by Gasteiger charge is -2.15. The maximum Gasteiger partial charge on any atom is 0.271 e. The van der Waals surface area contributed by atoms with E-state index < -0.39 is 0 Å². The summed E-state index contributed by atoms with van der Waals surface area (Å²) in [5, 5.41) is 14.1. The molecule has 1 saturated carbocycles. The van der Waals surface area contributed by atoms with Gasteiger partial charge in [-0.05, 0) is 37.2 Å². The number of rotatable bonds is 5. The van der Waals surface area contributed by atoms with Gasteiger partial charge in [-0.25, -0.2) is 0 Å². The second kappa shape index (κ2) is 4.35. The summed E-state index contributed by atoms with van der Waals surface area (Å²) in [6, 6.07) is 4.97. The van der Waals surface area contributed by atoms with Crippen molar-refractivity contribution in [3.63, 3.8) is 0 Å². The van der Waals surface area contributed by atoms with Crippen LogP contribution in [0.4, 0.5) is 11.4 Å². The van der Waals surface area contributed by atoms with Crippen LogP contribution >= 0.6 is 0 Å². The van der Waals surface area contributed by atoms with Crippen LogP contribution in [0.2, 0.25) is 0 Å². The topological polar surface area (TPSA) is 55.2 Å². The number of non-ortho nitro benzene ring substituents is 1. The maximum absolute atomic E-state index is 10.7. The van der Waals surface area contributed by atoms with Gasteiger partial charge in [-0.15, -0.1) is 0 Å². The highest BCUT2D eigenvalue weighted by atomic mass is 16.6. The van der Waals surface area contributed by atoms with Crippen molar-refractivity contribution in [3.8, 4) is 0 Å². The summed E-state index contributed by atoms with van der Waals surface area (Å²) >= 11 is 0. The van der Waals surface area contributed by atoms with E-state index in [1.165, 1.54) is 19.3 Å². The van der Waals surface area contributed by atoms with Gasteiger partial charge in [0.1, 0.15) is 0 Å². The monoisotopic (exact) mass is 234 g/mol. The van der Waals surface area contributed by atoms with Crippen molar-refractivity contribution in [2.45, 2.75) is 33.1 Å². The van der Waals surface area contributed by atoms with Gasteiger partial charge < -0.3 is 5.32 Å². The molecule has 1 aromatic carbocycles. The number of aryl methyl sites for hydroxylation is 1. The number of nitrogens with one attached hydrogen (secondary N) is 1. The second-order valence-electron chi connectivity index (χ2n) is 4.96. The van der Waals surface area contributed by atoms with Gasteiger partial charge in [0.25, 0.3) is 5.69 Å². The zero-order chi connectivity index (χ0) is 12.5. The standard InChI is InChI=1S/C13H18N2O2/c1-3-13(6-7-13)9-14-12-8-11(15(16)17)5-4-10(12)2/h4-5,8,14H,3,6-7,9H2,1-2H3. The Kier molecular flexibility index (Phi) is 3.05. The maximum atomic E-state index is 10.7. The predicted octanol–water partition coefficient (Wildman–Crippen LogP) is 3.51. The fourth-order valence-corrected chi connectivity index (χ4v) is 2.03. The average molecular weight is 234 g/mol. The first-order chi connectivity index (χ1) is 8.06. The Hall–Kier alpha value is -1.58. The Morgan fingerprint density at radius 1 is 1.47 bits per heavy atom. The van der Waals surface area contributed by atoms with Crippen molar-refractivity contribution in [2.24, 2.45) is 5.41 Å². The fraction of sp³-hybridized carbons (Fsp3) is 0.538. The van der Waals surface area contributed by atoms with E-state index in [0.717, 1.165) is 17.8 Å². The molecule has 1 fully saturated rings. The van der Waals surface area contributed by atoms with Crippen molar-refractivity contribution >= 4 is 11.4 Å². The molecule has 4 nitrogen and oxygen atoms in total. The number of nitrogens with zero attached hydrogens (tertiary/aromatic N) is 1. The van der Waals surface area contributed by atoms with Crippen LogP contribution in [0.5, 0.6) is 0 Å². The molecule has 0 atom stereocenters. The molecule has 0 aromatic heterocycles. The second-order valence-corrected chi connectivity index (χ2v) is 4.96. The lowest BCUT2D eigenvalue weighted by molar-refractivity contribution is -0.384. The molecular weight excluding hydrogens is 216 g/mol. The van der Waals surface area contributed by atoms with Gasteiger partial charge in [0.05, 0.1) is 4.92 Å². The van der Waals surface area contributed by atoms with E-state index in [0.29, 0.717) is 5.41 Å². The molecule has 0 bridgehead atoms. The number of nitro benzene ring substituents is 1. The van der Waals surface area contributed by atoms with Gasteiger partial charge in [0.15, 0.2) is 0 Å². The van der Waals surface area contributed by atoms with E-state index in [9.17, 15) is 10.1 Å². The summed E-state index contributed by atoms with van der Waals surface area (Å²) in [5.74, 6) is 0. The zero-order valence-corrected chi connectivity index (χ0v) is 10.3. The van der Waals surface area contributed by atoms with Crippen molar-refractivity contribution in [2.75, 3.05) is 11.9 Å². The summed E-state index contributed by atoms with van der Waals surface area (Å²) in [7, 11) is 0. The molecule has 17 heavy (non-hydrogen) atoms. The molecule has 1 aromatic rings. The smallest absolute Gasteiger partial charge is 0.271 e. The molecule has 1 N–H and O–H groups in total. The van der Waals surface area contributed by atoms with E-state index in [4.69, 9.17) is 0 Å². The van der Waals surface area contributed by atoms with E-state index in [2.05, 4.69) is 12.2 Å². The highest BCUT2D eigenvalue weighted by Gasteiger charge is 2.40. The molecule has 4 heteroatoms. The normalized spacial score (nSPS) is 16.6. The Morgan fingerprint density at radius 3 is 2.71 bits per heavy atom. The van der Waals surface area contributed by atoms with E-state index in [-0.39, 0.29) is 10.6 Å². The van der Waals surface area contributed by atoms with E-state index >= 15 is 0 Å². The molecule has 1 aliphatic rings. The summed E-state index contributed by atoms with van der Waals surface area (Å²) in [4.78, 5) is 10.4. The van der Waals surface area contributed by atoms with Gasteiger partial charge in [-0.3, -0.25) is 10.1 Å². The molecule has 2 rings (SSSR count). The first-order valence-corrected chi connectivity index (χ1v) is 6.05. The Labute approximate surface area is 101 Å². The highest BCUT2D eigenvalue weighted by Crippen LogP contribution is 2.48. The van der Waals surface area contributed by atoms with Gasteiger partial charge in [-0.2, -0.15) is 0 Å². The molecular formula is C13H18N2O2. The van der Waals surface area contributed by atoms with Crippen LogP contribution in [0.3, 0.4) is 0 Å². The molecule has 0 saturated heterocycles. The van der Waals surface area contributed by atoms with Crippen LogP contribution in [0.1, 0.15) is 31.7 Å². The number of benzene rings is 1. The number of hydrogen-bond acceptors (Lipinski definition) is 3.